The number of thiocarbonyl (C=S) groups is 1. The Hall–Kier alpha value is -2.16. The first-order valence-corrected chi connectivity index (χ1v) is 10.4. The molecule has 1 aromatic heterocycles. The second-order valence-electron chi connectivity index (χ2n) is 6.02. The van der Waals surface area contributed by atoms with E-state index in [0.29, 0.717) is 27.9 Å². The van der Waals surface area contributed by atoms with Gasteiger partial charge in [-0.15, -0.1) is 11.3 Å². The summed E-state index contributed by atoms with van der Waals surface area (Å²) in [5.74, 6) is -0.296. The first kappa shape index (κ1) is 19.6. The van der Waals surface area contributed by atoms with Crippen molar-refractivity contribution in [3.05, 3.63) is 51.1 Å². The monoisotopic (exact) mass is 418 g/mol. The summed E-state index contributed by atoms with van der Waals surface area (Å²) in [5, 5.41) is 14.4. The predicted molar refractivity (Wildman–Crippen MR) is 115 cm³/mol. The van der Waals surface area contributed by atoms with Crippen LogP contribution in [0.5, 0.6) is 5.75 Å². The van der Waals surface area contributed by atoms with E-state index < -0.39 is 0 Å². The van der Waals surface area contributed by atoms with Crippen LogP contribution in [0.1, 0.15) is 23.3 Å². The third kappa shape index (κ3) is 4.97. The van der Waals surface area contributed by atoms with Crippen LogP contribution in [0, 0.1) is 6.92 Å². The molecule has 5 nitrogen and oxygen atoms in total. The summed E-state index contributed by atoms with van der Waals surface area (Å²) in [4.78, 5) is 27.8. The molecular weight excluding hydrogens is 400 g/mol. The fourth-order valence-corrected chi connectivity index (χ4v) is 4.59. The maximum absolute atomic E-state index is 12.5. The number of nitrogens with one attached hydrogen (secondary N) is 1. The highest BCUT2D eigenvalue weighted by atomic mass is 32.2. The molecule has 3 rings (SSSR count). The fourth-order valence-electron chi connectivity index (χ4n) is 2.56. The first-order chi connectivity index (χ1) is 12.9. The largest absolute Gasteiger partial charge is 0.506 e. The lowest BCUT2D eigenvalue weighted by atomic mass is 10.2. The summed E-state index contributed by atoms with van der Waals surface area (Å²) < 4.78 is 0.513. The number of anilines is 1. The third-order valence-electron chi connectivity index (χ3n) is 3.90. The van der Waals surface area contributed by atoms with Gasteiger partial charge in [0.05, 0.1) is 10.6 Å². The van der Waals surface area contributed by atoms with Crippen molar-refractivity contribution in [3.8, 4) is 5.75 Å². The molecule has 0 bridgehead atoms. The van der Waals surface area contributed by atoms with Gasteiger partial charge in [0.25, 0.3) is 5.91 Å². The number of amides is 2. The summed E-state index contributed by atoms with van der Waals surface area (Å²) >= 11 is 8.15. The Morgan fingerprint density at radius 2 is 2.19 bits per heavy atom. The maximum Gasteiger partial charge on any atom is 0.266 e. The smallest absolute Gasteiger partial charge is 0.266 e. The summed E-state index contributed by atoms with van der Waals surface area (Å²) in [6.07, 6.45) is 2.56. The highest BCUT2D eigenvalue weighted by molar-refractivity contribution is 8.26. The van der Waals surface area contributed by atoms with Crippen molar-refractivity contribution in [3.63, 3.8) is 0 Å². The lowest BCUT2D eigenvalue weighted by Gasteiger charge is -2.14. The third-order valence-corrected chi connectivity index (χ3v) is 6.10. The van der Waals surface area contributed by atoms with Crippen LogP contribution in [0.25, 0.3) is 6.08 Å². The molecule has 8 heteroatoms. The molecule has 1 aliphatic heterocycles. The number of hydrogen-bond acceptors (Lipinski definition) is 6. The van der Waals surface area contributed by atoms with Crippen LogP contribution in [0.3, 0.4) is 0 Å². The van der Waals surface area contributed by atoms with Crippen LogP contribution < -0.4 is 5.32 Å². The zero-order chi connectivity index (χ0) is 19.4. The van der Waals surface area contributed by atoms with Crippen LogP contribution in [0.2, 0.25) is 0 Å². The molecule has 2 heterocycles. The van der Waals surface area contributed by atoms with Gasteiger partial charge in [0, 0.05) is 17.8 Å². The average Bonchev–Trinajstić information content (AvgIpc) is 3.22. The number of aryl methyl sites for hydroxylation is 1. The zero-order valence-corrected chi connectivity index (χ0v) is 17.0. The highest BCUT2D eigenvalue weighted by Crippen LogP contribution is 2.33. The number of phenolic OH excluding ortho intramolecular Hbond substituents is 1. The molecule has 27 heavy (non-hydrogen) atoms. The molecule has 1 fully saturated rings. The quantitative estimate of drug-likeness (QED) is 0.414. The molecule has 0 radical (unpaired) electrons. The van der Waals surface area contributed by atoms with Gasteiger partial charge in [-0.3, -0.25) is 14.5 Å². The average molecular weight is 419 g/mol. The lowest BCUT2D eigenvalue weighted by molar-refractivity contribution is -0.122. The summed E-state index contributed by atoms with van der Waals surface area (Å²) in [6, 6.07) is 8.91. The van der Waals surface area contributed by atoms with E-state index >= 15 is 0 Å². The van der Waals surface area contributed by atoms with Crippen molar-refractivity contribution in [2.75, 3.05) is 11.9 Å². The number of nitrogens with zero attached hydrogens (tertiary/aromatic N) is 1. The second-order valence-corrected chi connectivity index (χ2v) is 8.68. The van der Waals surface area contributed by atoms with Crippen molar-refractivity contribution in [1.82, 2.24) is 4.90 Å². The SMILES string of the molecule is Cc1ccc(O)c(NC(=O)CCCN2C(=O)/C(=C/c3cccs3)SC2=S)c1. The second kappa shape index (κ2) is 8.69. The molecule has 2 N–H and O–H groups in total. The van der Waals surface area contributed by atoms with Crippen molar-refractivity contribution in [2.45, 2.75) is 19.8 Å². The molecule has 0 saturated carbocycles. The van der Waals surface area contributed by atoms with Crippen LogP contribution in [-0.4, -0.2) is 32.7 Å². The zero-order valence-electron chi connectivity index (χ0n) is 14.6. The van der Waals surface area contributed by atoms with Crippen LogP contribution >= 0.6 is 35.3 Å². The van der Waals surface area contributed by atoms with Crippen LogP contribution in [-0.2, 0) is 9.59 Å². The van der Waals surface area contributed by atoms with Crippen LogP contribution in [0.4, 0.5) is 5.69 Å². The van der Waals surface area contributed by atoms with E-state index in [1.807, 2.05) is 30.5 Å². The number of thioether (sulfide) groups is 1. The van der Waals surface area contributed by atoms with Gasteiger partial charge < -0.3 is 10.4 Å². The Balaban J connectivity index is 1.52. The summed E-state index contributed by atoms with van der Waals surface area (Å²) in [5.41, 5.74) is 1.34. The van der Waals surface area contributed by atoms with E-state index in [0.717, 1.165) is 10.4 Å². The van der Waals surface area contributed by atoms with Gasteiger partial charge in [0.2, 0.25) is 5.91 Å². The molecule has 0 aliphatic carbocycles. The fraction of sp³-hybridized carbons (Fsp3) is 0.211. The van der Waals surface area contributed by atoms with Gasteiger partial charge in [0.1, 0.15) is 10.1 Å². The van der Waals surface area contributed by atoms with Gasteiger partial charge in [-0.05, 0) is 48.6 Å². The molecule has 140 valence electrons. The predicted octanol–water partition coefficient (Wildman–Crippen LogP) is 4.38. The Bertz CT molecular complexity index is 907. The lowest BCUT2D eigenvalue weighted by Crippen LogP contribution is -2.29. The van der Waals surface area contributed by atoms with Crippen molar-refractivity contribution in [2.24, 2.45) is 0 Å². The minimum atomic E-state index is -0.213. The molecule has 0 spiro atoms. The molecule has 0 unspecified atom stereocenters. The van der Waals surface area contributed by atoms with E-state index in [1.54, 1.807) is 29.5 Å². The molecule has 1 aliphatic rings. The number of carbonyl (C=O) groups is 2. The van der Waals surface area contributed by atoms with E-state index in [1.165, 1.54) is 16.7 Å². The molecule has 2 amide bonds. The van der Waals surface area contributed by atoms with E-state index in [2.05, 4.69) is 5.32 Å². The summed E-state index contributed by atoms with van der Waals surface area (Å²) in [7, 11) is 0. The number of rotatable bonds is 6. The minimum absolute atomic E-state index is 0.0320. The standard InChI is InChI=1S/C19H18N2O3S3/c1-12-6-7-15(22)14(10-12)20-17(23)5-2-8-21-18(24)16(27-19(21)25)11-13-4-3-9-26-13/h3-4,6-7,9-11,22H,2,5,8H2,1H3,(H,20,23)/b16-11-. The van der Waals surface area contributed by atoms with Gasteiger partial charge >= 0.3 is 0 Å². The molecule has 2 aromatic rings. The number of hydrogen-bond donors (Lipinski definition) is 2. The van der Waals surface area contributed by atoms with Gasteiger partial charge in [0.15, 0.2) is 0 Å². The van der Waals surface area contributed by atoms with Crippen molar-refractivity contribution >= 4 is 63.2 Å². The van der Waals surface area contributed by atoms with Crippen molar-refractivity contribution in [1.29, 1.82) is 0 Å². The van der Waals surface area contributed by atoms with Gasteiger partial charge in [-0.2, -0.15) is 0 Å². The Morgan fingerprint density at radius 1 is 1.37 bits per heavy atom. The van der Waals surface area contributed by atoms with Crippen LogP contribution in [0.15, 0.2) is 40.6 Å². The maximum atomic E-state index is 12.5. The van der Waals surface area contributed by atoms with E-state index in [-0.39, 0.29) is 24.0 Å². The van der Waals surface area contributed by atoms with Gasteiger partial charge in [-0.25, -0.2) is 0 Å². The number of phenols is 1. The normalized spacial score (nSPS) is 15.6. The first-order valence-electron chi connectivity index (χ1n) is 8.32. The topological polar surface area (TPSA) is 69.6 Å². The molecule has 1 saturated heterocycles. The van der Waals surface area contributed by atoms with Gasteiger partial charge in [-0.1, -0.05) is 36.1 Å². The molecule has 1 aromatic carbocycles. The van der Waals surface area contributed by atoms with Crippen molar-refractivity contribution < 1.29 is 14.7 Å². The number of benzene rings is 1. The van der Waals surface area contributed by atoms with E-state index in [9.17, 15) is 14.7 Å². The Morgan fingerprint density at radius 3 is 2.93 bits per heavy atom. The molecular formula is C19H18N2O3S3. The minimum Gasteiger partial charge on any atom is -0.506 e. The Labute approximate surface area is 171 Å². The number of aromatic hydroxyl groups is 1. The molecule has 0 atom stereocenters. The number of carbonyl (C=O) groups excluding carboxylic acids is 2. The Kier molecular flexibility index (Phi) is 6.30. The van der Waals surface area contributed by atoms with E-state index in [4.69, 9.17) is 12.2 Å². The number of thiophene rings is 1. The summed E-state index contributed by atoms with van der Waals surface area (Å²) in [6.45, 7) is 2.27. The highest BCUT2D eigenvalue weighted by Gasteiger charge is 2.31.